The Kier molecular flexibility index (Phi) is 3.33. The van der Waals surface area contributed by atoms with E-state index in [9.17, 15) is 5.11 Å². The highest BCUT2D eigenvalue weighted by Crippen LogP contribution is 2.29. The third-order valence-corrected chi connectivity index (χ3v) is 2.38. The van der Waals surface area contributed by atoms with E-state index in [4.69, 9.17) is 15.9 Å². The lowest BCUT2D eigenvalue weighted by molar-refractivity contribution is 0.252. The molecule has 0 aromatic heterocycles. The van der Waals surface area contributed by atoms with Crippen molar-refractivity contribution in [1.29, 1.82) is 0 Å². The highest BCUT2D eigenvalue weighted by atomic mass is 16.3. The maximum absolute atomic E-state index is 9.25. The number of hydrogen-bond donors (Lipinski definition) is 4. The number of nitrogens with two attached hydrogens (primary N) is 1. The Morgan fingerprint density at radius 1 is 1.29 bits per heavy atom. The third-order valence-electron chi connectivity index (χ3n) is 2.38. The lowest BCUT2D eigenvalue weighted by Crippen LogP contribution is -2.30. The van der Waals surface area contributed by atoms with Gasteiger partial charge in [0, 0.05) is 6.04 Å². The van der Waals surface area contributed by atoms with Gasteiger partial charge in [-0.05, 0) is 23.6 Å². The molecule has 1 aromatic rings. The molecule has 0 saturated heterocycles. The van der Waals surface area contributed by atoms with Crippen molar-refractivity contribution in [1.82, 2.24) is 0 Å². The summed E-state index contributed by atoms with van der Waals surface area (Å²) in [6.45, 7) is 1.75. The van der Waals surface area contributed by atoms with E-state index < -0.39 is 0 Å². The van der Waals surface area contributed by atoms with Crippen LogP contribution in [0.5, 0.6) is 11.5 Å². The number of aromatic hydroxyl groups is 2. The van der Waals surface area contributed by atoms with Crippen LogP contribution in [-0.4, -0.2) is 28.0 Å². The Labute approximate surface area is 82.6 Å². The summed E-state index contributed by atoms with van der Waals surface area (Å²) in [5.74, 6) is -0.385. The van der Waals surface area contributed by atoms with Crippen molar-refractivity contribution in [3.63, 3.8) is 0 Å². The number of phenols is 2. The van der Waals surface area contributed by atoms with Gasteiger partial charge < -0.3 is 21.1 Å². The fraction of sp³-hybridized carbons (Fsp3) is 0.400. The van der Waals surface area contributed by atoms with Crippen molar-refractivity contribution in [2.75, 3.05) is 6.61 Å². The van der Waals surface area contributed by atoms with Gasteiger partial charge in [-0.1, -0.05) is 13.0 Å². The summed E-state index contributed by atoms with van der Waals surface area (Å²) in [6.07, 6.45) is 0. The molecule has 5 N–H and O–H groups in total. The van der Waals surface area contributed by atoms with Gasteiger partial charge in [-0.3, -0.25) is 0 Å². The molecule has 2 atom stereocenters. The molecule has 4 heteroatoms. The highest BCUT2D eigenvalue weighted by molar-refractivity contribution is 5.41. The molecule has 0 saturated carbocycles. The Morgan fingerprint density at radius 2 is 1.93 bits per heavy atom. The molecule has 4 nitrogen and oxygen atoms in total. The highest BCUT2D eigenvalue weighted by Gasteiger charge is 2.14. The molecule has 2 unspecified atom stereocenters. The fourth-order valence-electron chi connectivity index (χ4n) is 1.23. The molecule has 0 heterocycles. The van der Waals surface area contributed by atoms with E-state index in [2.05, 4.69) is 0 Å². The molecule has 0 aliphatic rings. The zero-order valence-corrected chi connectivity index (χ0v) is 8.01. The average Bonchev–Trinajstić information content (AvgIpc) is 2.20. The molecule has 0 aliphatic heterocycles. The second-order valence-corrected chi connectivity index (χ2v) is 3.38. The maximum atomic E-state index is 9.25. The Morgan fingerprint density at radius 3 is 2.43 bits per heavy atom. The van der Waals surface area contributed by atoms with Crippen LogP contribution >= 0.6 is 0 Å². The summed E-state index contributed by atoms with van der Waals surface area (Å²) in [5.41, 5.74) is 6.44. The largest absolute Gasteiger partial charge is 0.504 e. The third kappa shape index (κ3) is 2.16. The van der Waals surface area contributed by atoms with Crippen LogP contribution < -0.4 is 5.73 Å². The first-order valence-electron chi connectivity index (χ1n) is 4.44. The predicted octanol–water partition coefficient (Wildman–Crippen LogP) is 0.521. The van der Waals surface area contributed by atoms with Gasteiger partial charge in [0.05, 0.1) is 6.61 Å². The molecular weight excluding hydrogens is 182 g/mol. The number of benzene rings is 1. The van der Waals surface area contributed by atoms with Gasteiger partial charge in [0.1, 0.15) is 0 Å². The van der Waals surface area contributed by atoms with Crippen LogP contribution in [0.4, 0.5) is 0 Å². The van der Waals surface area contributed by atoms with Crippen molar-refractivity contribution in [2.24, 2.45) is 5.73 Å². The van der Waals surface area contributed by atoms with Gasteiger partial charge in [0.25, 0.3) is 0 Å². The van der Waals surface area contributed by atoms with Crippen LogP contribution in [0, 0.1) is 0 Å². The fourth-order valence-corrected chi connectivity index (χ4v) is 1.23. The van der Waals surface area contributed by atoms with Gasteiger partial charge in [0.15, 0.2) is 11.5 Å². The van der Waals surface area contributed by atoms with Gasteiger partial charge >= 0.3 is 0 Å². The first kappa shape index (κ1) is 10.8. The summed E-state index contributed by atoms with van der Waals surface area (Å²) >= 11 is 0. The Bertz CT molecular complexity index is 314. The molecule has 0 aliphatic carbocycles. The second kappa shape index (κ2) is 4.30. The monoisotopic (exact) mass is 197 g/mol. The molecule has 0 spiro atoms. The lowest BCUT2D eigenvalue weighted by atomic mass is 9.94. The van der Waals surface area contributed by atoms with Crippen LogP contribution in [0.15, 0.2) is 18.2 Å². The average molecular weight is 197 g/mol. The van der Waals surface area contributed by atoms with Crippen LogP contribution in [-0.2, 0) is 0 Å². The van der Waals surface area contributed by atoms with Crippen LogP contribution in [0.3, 0.4) is 0 Å². The van der Waals surface area contributed by atoms with E-state index in [1.807, 2.05) is 6.92 Å². The van der Waals surface area contributed by atoms with Crippen molar-refractivity contribution < 1.29 is 15.3 Å². The summed E-state index contributed by atoms with van der Waals surface area (Å²) in [5, 5.41) is 27.2. The van der Waals surface area contributed by atoms with Crippen LogP contribution in [0.1, 0.15) is 18.4 Å². The Balaban J connectivity index is 2.91. The second-order valence-electron chi connectivity index (χ2n) is 3.38. The van der Waals surface area contributed by atoms with Crippen LogP contribution in [0.2, 0.25) is 0 Å². The molecule has 78 valence electrons. The number of aliphatic hydroxyl groups is 1. The standard InChI is InChI=1S/C10H15NO3/c1-6(8(11)5-12)7-2-3-9(13)10(14)4-7/h2-4,6,8,12-14H,5,11H2,1H3. The zero-order chi connectivity index (χ0) is 10.7. The van der Waals surface area contributed by atoms with E-state index in [1.165, 1.54) is 12.1 Å². The van der Waals surface area contributed by atoms with Gasteiger partial charge in [-0.15, -0.1) is 0 Å². The quantitative estimate of drug-likeness (QED) is 0.532. The van der Waals surface area contributed by atoms with E-state index in [-0.39, 0.29) is 30.1 Å². The van der Waals surface area contributed by atoms with Crippen molar-refractivity contribution in [3.8, 4) is 11.5 Å². The molecule has 14 heavy (non-hydrogen) atoms. The molecule has 1 rings (SSSR count). The molecule has 1 aromatic carbocycles. The molecule has 0 amide bonds. The Hall–Kier alpha value is -1.26. The molecule has 0 bridgehead atoms. The number of aliphatic hydroxyl groups excluding tert-OH is 1. The molecule has 0 radical (unpaired) electrons. The normalized spacial score (nSPS) is 15.1. The predicted molar refractivity (Wildman–Crippen MR) is 53.2 cm³/mol. The minimum atomic E-state index is -0.362. The van der Waals surface area contributed by atoms with Gasteiger partial charge in [-0.25, -0.2) is 0 Å². The molecular formula is C10H15NO3. The smallest absolute Gasteiger partial charge is 0.157 e. The summed E-state index contributed by atoms with van der Waals surface area (Å²) < 4.78 is 0. The van der Waals surface area contributed by atoms with E-state index >= 15 is 0 Å². The number of phenolic OH excluding ortho intramolecular Hbond substituents is 2. The van der Waals surface area contributed by atoms with Crippen molar-refractivity contribution >= 4 is 0 Å². The number of rotatable bonds is 3. The van der Waals surface area contributed by atoms with E-state index in [0.29, 0.717) is 0 Å². The number of hydrogen-bond acceptors (Lipinski definition) is 4. The van der Waals surface area contributed by atoms with Gasteiger partial charge in [-0.2, -0.15) is 0 Å². The maximum Gasteiger partial charge on any atom is 0.157 e. The first-order chi connectivity index (χ1) is 6.56. The summed E-state index contributed by atoms with van der Waals surface area (Å²) in [7, 11) is 0. The lowest BCUT2D eigenvalue weighted by Gasteiger charge is -2.18. The molecule has 0 fully saturated rings. The summed E-state index contributed by atoms with van der Waals surface area (Å²) in [6, 6.07) is 4.18. The van der Waals surface area contributed by atoms with E-state index in [1.54, 1.807) is 6.07 Å². The van der Waals surface area contributed by atoms with Crippen LogP contribution in [0.25, 0.3) is 0 Å². The minimum Gasteiger partial charge on any atom is -0.504 e. The van der Waals surface area contributed by atoms with Crippen molar-refractivity contribution in [3.05, 3.63) is 23.8 Å². The SMILES string of the molecule is CC(c1ccc(O)c(O)c1)C(N)CO. The first-order valence-corrected chi connectivity index (χ1v) is 4.44. The minimum absolute atomic E-state index is 0.0634. The van der Waals surface area contributed by atoms with Gasteiger partial charge in [0.2, 0.25) is 0 Å². The van der Waals surface area contributed by atoms with Crippen molar-refractivity contribution in [2.45, 2.75) is 18.9 Å². The van der Waals surface area contributed by atoms with E-state index in [0.717, 1.165) is 5.56 Å². The topological polar surface area (TPSA) is 86.7 Å². The summed E-state index contributed by atoms with van der Waals surface area (Å²) in [4.78, 5) is 0. The zero-order valence-electron chi connectivity index (χ0n) is 8.01.